The van der Waals surface area contributed by atoms with Crippen LogP contribution in [-0.2, 0) is 0 Å². The average molecular weight is 164 g/mol. The van der Waals surface area contributed by atoms with Crippen LogP contribution in [0.3, 0.4) is 0 Å². The van der Waals surface area contributed by atoms with Crippen LogP contribution < -0.4 is 0 Å². The second-order valence-corrected chi connectivity index (χ2v) is 4.67. The Labute approximate surface area is 77.1 Å². The largest absolute Gasteiger partial charge is 0.0999 e. The first-order valence-corrected chi connectivity index (χ1v) is 4.77. The van der Waals surface area contributed by atoms with Crippen LogP contribution in [0, 0.1) is 31.1 Å². The maximum absolute atomic E-state index is 4.21. The van der Waals surface area contributed by atoms with Crippen molar-refractivity contribution >= 4 is 0 Å². The van der Waals surface area contributed by atoms with Gasteiger partial charge in [0.25, 0.3) is 0 Å². The third-order valence-corrected chi connectivity index (χ3v) is 3.32. The van der Waals surface area contributed by atoms with E-state index in [1.165, 1.54) is 24.8 Å². The van der Waals surface area contributed by atoms with Crippen molar-refractivity contribution in [1.29, 1.82) is 0 Å². The molecule has 0 heteroatoms. The Balaban J connectivity index is 2.58. The third-order valence-electron chi connectivity index (χ3n) is 3.32. The van der Waals surface area contributed by atoms with Crippen molar-refractivity contribution in [3.8, 4) is 0 Å². The highest BCUT2D eigenvalue weighted by Gasteiger charge is 2.33. The highest BCUT2D eigenvalue weighted by atomic mass is 14.4. The minimum absolute atomic E-state index is 0.200. The van der Waals surface area contributed by atoms with E-state index in [0.29, 0.717) is 11.8 Å². The van der Waals surface area contributed by atoms with Crippen LogP contribution in [0.25, 0.3) is 0 Å². The molecule has 0 aliphatic heterocycles. The molecule has 0 saturated heterocycles. The van der Waals surface area contributed by atoms with E-state index < -0.39 is 0 Å². The van der Waals surface area contributed by atoms with Crippen molar-refractivity contribution in [1.82, 2.24) is 0 Å². The van der Waals surface area contributed by atoms with Crippen LogP contribution in [0.15, 0.2) is 12.2 Å². The molecule has 2 radical (unpaired) electrons. The quantitative estimate of drug-likeness (QED) is 0.519. The molecule has 0 amide bonds. The molecule has 1 rings (SSSR count). The van der Waals surface area contributed by atoms with E-state index >= 15 is 0 Å². The monoisotopic (exact) mass is 164 g/mol. The Morgan fingerprint density at radius 1 is 1.50 bits per heavy atom. The van der Waals surface area contributed by atoms with Gasteiger partial charge in [-0.1, -0.05) is 19.1 Å². The molecule has 0 spiro atoms. The lowest BCUT2D eigenvalue weighted by Crippen LogP contribution is -2.30. The molecule has 0 unspecified atom stereocenters. The number of hydrogen-bond acceptors (Lipinski definition) is 0. The van der Waals surface area contributed by atoms with Gasteiger partial charge in [0.1, 0.15) is 0 Å². The highest BCUT2D eigenvalue weighted by molar-refractivity contribution is 5.03. The summed E-state index contributed by atoms with van der Waals surface area (Å²) in [7, 11) is 0. The summed E-state index contributed by atoms with van der Waals surface area (Å²) < 4.78 is 0. The second-order valence-electron chi connectivity index (χ2n) is 4.67. The van der Waals surface area contributed by atoms with Crippen LogP contribution >= 0.6 is 0 Å². The van der Waals surface area contributed by atoms with E-state index in [-0.39, 0.29) is 5.41 Å². The molecule has 1 saturated carbocycles. The molecule has 0 heterocycles. The standard InChI is InChI=1S/C12H20/c1-9(2)11-6-7-12(4,5)10(3)8-11/h10-11H,1,3-4,6-8H2,2,5H3/t10-,11-,12-/m0/s1. The van der Waals surface area contributed by atoms with Crippen LogP contribution in [0.4, 0.5) is 0 Å². The summed E-state index contributed by atoms with van der Waals surface area (Å²) in [6, 6.07) is 0. The van der Waals surface area contributed by atoms with Crippen molar-refractivity contribution in [3.05, 3.63) is 26.0 Å². The third kappa shape index (κ3) is 1.91. The summed E-state index contributed by atoms with van der Waals surface area (Å²) in [6.07, 6.45) is 3.62. The maximum atomic E-state index is 4.21. The molecule has 3 atom stereocenters. The molecule has 0 N–H and O–H groups in total. The van der Waals surface area contributed by atoms with Gasteiger partial charge < -0.3 is 0 Å². The van der Waals surface area contributed by atoms with Gasteiger partial charge in [0.05, 0.1) is 0 Å². The van der Waals surface area contributed by atoms with Crippen molar-refractivity contribution in [2.75, 3.05) is 0 Å². The smallest absolute Gasteiger partial charge is 0.0206 e. The highest BCUT2D eigenvalue weighted by Crippen LogP contribution is 2.43. The molecule has 1 fully saturated rings. The molecule has 1 aliphatic rings. The normalized spacial score (nSPS) is 34.7. The SMILES string of the molecule is [CH2][C@H]1C[C@@H](C(=C)C)CC[C@]1([CH2])C. The predicted molar refractivity (Wildman–Crippen MR) is 54.5 cm³/mol. The zero-order valence-corrected chi connectivity index (χ0v) is 8.40. The average Bonchev–Trinajstić information content (AvgIpc) is 1.94. The van der Waals surface area contributed by atoms with Crippen LogP contribution in [-0.4, -0.2) is 0 Å². The van der Waals surface area contributed by atoms with Crippen molar-refractivity contribution in [2.45, 2.75) is 33.1 Å². The van der Waals surface area contributed by atoms with E-state index in [2.05, 4.69) is 34.3 Å². The van der Waals surface area contributed by atoms with Gasteiger partial charge in [-0.05, 0) is 57.3 Å². The minimum Gasteiger partial charge on any atom is -0.0999 e. The number of rotatable bonds is 1. The van der Waals surface area contributed by atoms with Gasteiger partial charge in [-0.3, -0.25) is 0 Å². The Bertz CT molecular complexity index is 176. The molecule has 0 aromatic heterocycles. The van der Waals surface area contributed by atoms with Crippen molar-refractivity contribution < 1.29 is 0 Å². The van der Waals surface area contributed by atoms with E-state index in [0.717, 1.165) is 0 Å². The predicted octanol–water partition coefficient (Wildman–Crippen LogP) is 3.65. The summed E-state index contributed by atoms with van der Waals surface area (Å²) in [5, 5.41) is 0. The van der Waals surface area contributed by atoms with Gasteiger partial charge in [-0.2, -0.15) is 0 Å². The second kappa shape index (κ2) is 3.24. The lowest BCUT2D eigenvalue weighted by molar-refractivity contribution is 0.173. The van der Waals surface area contributed by atoms with Crippen LogP contribution in [0.5, 0.6) is 0 Å². The summed E-state index contributed by atoms with van der Waals surface area (Å²) in [4.78, 5) is 0. The first-order valence-electron chi connectivity index (χ1n) is 4.77. The van der Waals surface area contributed by atoms with Gasteiger partial charge in [0.15, 0.2) is 0 Å². The number of allylic oxidation sites excluding steroid dienone is 1. The Morgan fingerprint density at radius 3 is 2.50 bits per heavy atom. The van der Waals surface area contributed by atoms with E-state index in [1.807, 2.05) is 0 Å². The van der Waals surface area contributed by atoms with Crippen molar-refractivity contribution in [2.24, 2.45) is 17.3 Å². The Morgan fingerprint density at radius 2 is 2.08 bits per heavy atom. The molecule has 68 valence electrons. The van der Waals surface area contributed by atoms with E-state index in [1.54, 1.807) is 0 Å². The first kappa shape index (κ1) is 9.83. The van der Waals surface area contributed by atoms with Crippen LogP contribution in [0.1, 0.15) is 33.1 Å². The maximum Gasteiger partial charge on any atom is -0.0206 e. The molecular weight excluding hydrogens is 144 g/mol. The molecular formula is C12H20. The summed E-state index contributed by atoms with van der Waals surface area (Å²) in [5.41, 5.74) is 1.52. The lowest BCUT2D eigenvalue weighted by atomic mass is 9.65. The molecule has 1 aliphatic carbocycles. The summed E-state index contributed by atoms with van der Waals surface area (Å²) >= 11 is 0. The fraction of sp³-hybridized carbons (Fsp3) is 0.667. The molecule has 0 bridgehead atoms. The topological polar surface area (TPSA) is 0 Å². The Hall–Kier alpha value is -0.260. The van der Waals surface area contributed by atoms with Gasteiger partial charge in [-0.15, -0.1) is 0 Å². The van der Waals surface area contributed by atoms with E-state index in [4.69, 9.17) is 0 Å². The lowest BCUT2D eigenvalue weighted by Gasteiger charge is -2.40. The fourth-order valence-corrected chi connectivity index (χ4v) is 1.90. The fourth-order valence-electron chi connectivity index (χ4n) is 1.90. The van der Waals surface area contributed by atoms with Gasteiger partial charge in [0, 0.05) is 0 Å². The molecule has 0 aromatic carbocycles. The first-order chi connectivity index (χ1) is 5.43. The van der Waals surface area contributed by atoms with Crippen molar-refractivity contribution in [3.63, 3.8) is 0 Å². The van der Waals surface area contributed by atoms with Gasteiger partial charge in [0.2, 0.25) is 0 Å². The zero-order valence-electron chi connectivity index (χ0n) is 8.40. The minimum atomic E-state index is 0.200. The van der Waals surface area contributed by atoms with Gasteiger partial charge in [-0.25, -0.2) is 0 Å². The zero-order chi connectivity index (χ0) is 9.35. The summed E-state index contributed by atoms with van der Waals surface area (Å²) in [5.74, 6) is 1.19. The summed E-state index contributed by atoms with van der Waals surface area (Å²) in [6.45, 7) is 16.8. The molecule has 0 aromatic rings. The number of hydrogen-bond donors (Lipinski definition) is 0. The van der Waals surface area contributed by atoms with Gasteiger partial charge >= 0.3 is 0 Å². The van der Waals surface area contributed by atoms with E-state index in [9.17, 15) is 0 Å². The van der Waals surface area contributed by atoms with Crippen LogP contribution in [0.2, 0.25) is 0 Å². The molecule has 0 nitrogen and oxygen atoms in total. The Kier molecular flexibility index (Phi) is 2.65. The molecule has 12 heavy (non-hydrogen) atoms.